The van der Waals surface area contributed by atoms with Crippen LogP contribution in [-0.2, 0) is 17.8 Å². The van der Waals surface area contributed by atoms with E-state index >= 15 is 0 Å². The standard InChI is InChI=1S/C15H18N4O2/c16-15(20)12-7-4-8-19(12)10-14-18-17-13(21-14)9-11-5-2-1-3-6-11/h1-3,5-6,12H,4,7-10H2,(H2,16,20). The Bertz CT molecular complexity index is 611. The number of benzene rings is 1. The monoisotopic (exact) mass is 286 g/mol. The molecule has 1 aliphatic rings. The minimum absolute atomic E-state index is 0.213. The first-order chi connectivity index (χ1) is 10.2. The van der Waals surface area contributed by atoms with Crippen LogP contribution in [0.5, 0.6) is 0 Å². The Balaban J connectivity index is 1.64. The minimum atomic E-state index is -0.281. The molecule has 0 saturated carbocycles. The maximum Gasteiger partial charge on any atom is 0.234 e. The molecule has 2 N–H and O–H groups in total. The van der Waals surface area contributed by atoms with E-state index in [1.807, 2.05) is 35.2 Å². The summed E-state index contributed by atoms with van der Waals surface area (Å²) in [6, 6.07) is 9.76. The van der Waals surface area contributed by atoms with Crippen LogP contribution in [0.3, 0.4) is 0 Å². The Hall–Kier alpha value is -2.21. The maximum atomic E-state index is 11.4. The average Bonchev–Trinajstić information content (AvgIpc) is 3.10. The molecule has 1 aliphatic heterocycles. The van der Waals surface area contributed by atoms with Gasteiger partial charge in [0.15, 0.2) is 0 Å². The fourth-order valence-electron chi connectivity index (χ4n) is 2.71. The van der Waals surface area contributed by atoms with E-state index in [0.717, 1.165) is 24.9 Å². The summed E-state index contributed by atoms with van der Waals surface area (Å²) in [5.74, 6) is 0.844. The van der Waals surface area contributed by atoms with Crippen molar-refractivity contribution < 1.29 is 9.21 Å². The maximum absolute atomic E-state index is 11.4. The lowest BCUT2D eigenvalue weighted by Crippen LogP contribution is -2.39. The number of aromatic nitrogens is 2. The van der Waals surface area contributed by atoms with Gasteiger partial charge in [0.25, 0.3) is 0 Å². The van der Waals surface area contributed by atoms with E-state index in [0.29, 0.717) is 24.7 Å². The van der Waals surface area contributed by atoms with Gasteiger partial charge in [-0.1, -0.05) is 30.3 Å². The van der Waals surface area contributed by atoms with Crippen molar-refractivity contribution in [2.75, 3.05) is 6.54 Å². The highest BCUT2D eigenvalue weighted by atomic mass is 16.4. The van der Waals surface area contributed by atoms with Gasteiger partial charge in [-0.05, 0) is 24.9 Å². The number of carbonyl (C=O) groups is 1. The predicted molar refractivity (Wildman–Crippen MR) is 76.2 cm³/mol. The first kappa shape index (κ1) is 13.8. The summed E-state index contributed by atoms with van der Waals surface area (Å²) in [6.07, 6.45) is 2.39. The molecule has 1 unspecified atom stereocenters. The summed E-state index contributed by atoms with van der Waals surface area (Å²) < 4.78 is 5.66. The molecule has 2 aromatic rings. The molecule has 110 valence electrons. The average molecular weight is 286 g/mol. The first-order valence-electron chi connectivity index (χ1n) is 7.11. The van der Waals surface area contributed by atoms with Gasteiger partial charge in [0, 0.05) is 0 Å². The van der Waals surface area contributed by atoms with Gasteiger partial charge >= 0.3 is 0 Å². The topological polar surface area (TPSA) is 85.3 Å². The van der Waals surface area contributed by atoms with Crippen LogP contribution in [0.25, 0.3) is 0 Å². The second-order valence-corrected chi connectivity index (χ2v) is 5.28. The number of primary amides is 1. The molecule has 0 radical (unpaired) electrons. The molecule has 1 atom stereocenters. The van der Waals surface area contributed by atoms with Crippen molar-refractivity contribution in [2.45, 2.75) is 31.8 Å². The SMILES string of the molecule is NC(=O)C1CCCN1Cc1nnc(Cc2ccccc2)o1. The van der Waals surface area contributed by atoms with Gasteiger partial charge < -0.3 is 10.2 Å². The highest BCUT2D eigenvalue weighted by molar-refractivity contribution is 5.80. The molecule has 0 bridgehead atoms. The number of nitrogens with two attached hydrogens (primary N) is 1. The Morgan fingerprint density at radius 1 is 1.29 bits per heavy atom. The summed E-state index contributed by atoms with van der Waals surface area (Å²) in [4.78, 5) is 13.4. The van der Waals surface area contributed by atoms with Crippen LogP contribution < -0.4 is 5.73 Å². The molecule has 2 heterocycles. The zero-order valence-electron chi connectivity index (χ0n) is 11.7. The largest absolute Gasteiger partial charge is 0.424 e. The molecule has 1 aromatic heterocycles. The van der Waals surface area contributed by atoms with Gasteiger partial charge in [-0.25, -0.2) is 0 Å². The third-order valence-corrected chi connectivity index (χ3v) is 3.74. The van der Waals surface area contributed by atoms with Gasteiger partial charge in [-0.15, -0.1) is 10.2 Å². The van der Waals surface area contributed by atoms with Crippen LogP contribution in [0.15, 0.2) is 34.7 Å². The van der Waals surface area contributed by atoms with Gasteiger partial charge in [0.2, 0.25) is 17.7 Å². The van der Waals surface area contributed by atoms with Gasteiger partial charge in [0.05, 0.1) is 19.0 Å². The summed E-state index contributed by atoms with van der Waals surface area (Å²) in [5.41, 5.74) is 6.53. The van der Waals surface area contributed by atoms with Crippen molar-refractivity contribution in [2.24, 2.45) is 5.73 Å². The molecular weight excluding hydrogens is 268 g/mol. The van der Waals surface area contributed by atoms with Crippen LogP contribution in [0, 0.1) is 0 Å². The Morgan fingerprint density at radius 2 is 2.05 bits per heavy atom. The van der Waals surface area contributed by atoms with Gasteiger partial charge in [-0.3, -0.25) is 9.69 Å². The van der Waals surface area contributed by atoms with Crippen molar-refractivity contribution in [3.8, 4) is 0 Å². The lowest BCUT2D eigenvalue weighted by Gasteiger charge is -2.19. The third-order valence-electron chi connectivity index (χ3n) is 3.74. The molecule has 3 rings (SSSR count). The molecule has 1 amide bonds. The molecule has 6 nitrogen and oxygen atoms in total. The second-order valence-electron chi connectivity index (χ2n) is 5.28. The molecule has 21 heavy (non-hydrogen) atoms. The van der Waals surface area contributed by atoms with E-state index in [4.69, 9.17) is 10.2 Å². The molecule has 1 fully saturated rings. The van der Waals surface area contributed by atoms with Crippen LogP contribution in [0.2, 0.25) is 0 Å². The number of hydrogen-bond donors (Lipinski definition) is 1. The number of amides is 1. The van der Waals surface area contributed by atoms with E-state index < -0.39 is 0 Å². The normalized spacial score (nSPS) is 19.0. The second kappa shape index (κ2) is 6.05. The van der Waals surface area contributed by atoms with Crippen molar-refractivity contribution in [3.05, 3.63) is 47.7 Å². The quantitative estimate of drug-likeness (QED) is 0.890. The fraction of sp³-hybridized carbons (Fsp3) is 0.400. The van der Waals surface area contributed by atoms with E-state index in [1.165, 1.54) is 0 Å². The summed E-state index contributed by atoms with van der Waals surface area (Å²) >= 11 is 0. The molecule has 6 heteroatoms. The van der Waals surface area contributed by atoms with E-state index in [-0.39, 0.29) is 11.9 Å². The summed E-state index contributed by atoms with van der Waals surface area (Å²) in [7, 11) is 0. The highest BCUT2D eigenvalue weighted by Gasteiger charge is 2.30. The Labute approximate surface area is 123 Å². The van der Waals surface area contributed by atoms with Crippen molar-refractivity contribution in [1.29, 1.82) is 0 Å². The zero-order chi connectivity index (χ0) is 14.7. The lowest BCUT2D eigenvalue weighted by atomic mass is 10.2. The predicted octanol–water partition coefficient (Wildman–Crippen LogP) is 1.11. The van der Waals surface area contributed by atoms with E-state index in [1.54, 1.807) is 0 Å². The van der Waals surface area contributed by atoms with Crippen molar-refractivity contribution in [3.63, 3.8) is 0 Å². The summed E-state index contributed by atoms with van der Waals surface area (Å²) in [5, 5.41) is 8.12. The highest BCUT2D eigenvalue weighted by Crippen LogP contribution is 2.19. The molecular formula is C15H18N4O2. The molecule has 0 aliphatic carbocycles. The lowest BCUT2D eigenvalue weighted by molar-refractivity contribution is -0.122. The molecule has 0 spiro atoms. The van der Waals surface area contributed by atoms with E-state index in [9.17, 15) is 4.79 Å². The smallest absolute Gasteiger partial charge is 0.234 e. The number of nitrogens with zero attached hydrogens (tertiary/aromatic N) is 3. The molecule has 1 saturated heterocycles. The van der Waals surface area contributed by atoms with Crippen LogP contribution in [0.4, 0.5) is 0 Å². The molecule has 1 aromatic carbocycles. The Kier molecular flexibility index (Phi) is 3.96. The fourth-order valence-corrected chi connectivity index (χ4v) is 2.71. The van der Waals surface area contributed by atoms with Crippen LogP contribution in [-0.4, -0.2) is 33.6 Å². The van der Waals surface area contributed by atoms with Crippen molar-refractivity contribution in [1.82, 2.24) is 15.1 Å². The summed E-state index contributed by atoms with van der Waals surface area (Å²) in [6.45, 7) is 1.32. The number of hydrogen-bond acceptors (Lipinski definition) is 5. The zero-order valence-corrected chi connectivity index (χ0v) is 11.7. The van der Waals surface area contributed by atoms with Gasteiger partial charge in [-0.2, -0.15) is 0 Å². The van der Waals surface area contributed by atoms with Crippen LogP contribution in [0.1, 0.15) is 30.2 Å². The van der Waals surface area contributed by atoms with Crippen molar-refractivity contribution >= 4 is 5.91 Å². The van der Waals surface area contributed by atoms with Gasteiger partial charge in [0.1, 0.15) is 0 Å². The van der Waals surface area contributed by atoms with Crippen LogP contribution >= 0.6 is 0 Å². The number of carbonyl (C=O) groups excluding carboxylic acids is 1. The number of likely N-dealkylation sites (tertiary alicyclic amines) is 1. The Morgan fingerprint density at radius 3 is 2.81 bits per heavy atom. The minimum Gasteiger partial charge on any atom is -0.424 e. The number of rotatable bonds is 5. The third kappa shape index (κ3) is 3.28. The van der Waals surface area contributed by atoms with E-state index in [2.05, 4.69) is 10.2 Å². The first-order valence-corrected chi connectivity index (χ1v) is 7.11.